The first-order chi connectivity index (χ1) is 14.8. The SMILES string of the molecule is Cc1cc(C)c(S(=O)(=O)c2ccc(CNC(=O)c3cc4ccncc4o3)cc2)cc1C. The number of hydrogen-bond donors (Lipinski definition) is 1. The van der Waals surface area contributed by atoms with Crippen LogP contribution in [0.25, 0.3) is 11.0 Å². The monoisotopic (exact) mass is 434 g/mol. The number of carbonyl (C=O) groups excluding carboxylic acids is 1. The van der Waals surface area contributed by atoms with E-state index in [-0.39, 0.29) is 23.1 Å². The lowest BCUT2D eigenvalue weighted by molar-refractivity contribution is 0.0925. The van der Waals surface area contributed by atoms with Crippen LogP contribution in [-0.4, -0.2) is 19.3 Å². The van der Waals surface area contributed by atoms with E-state index in [1.165, 1.54) is 0 Å². The minimum atomic E-state index is -3.62. The number of rotatable bonds is 5. The van der Waals surface area contributed by atoms with Gasteiger partial charge in [-0.2, -0.15) is 0 Å². The number of pyridine rings is 1. The van der Waals surface area contributed by atoms with Gasteiger partial charge in [0.25, 0.3) is 5.91 Å². The maximum atomic E-state index is 13.1. The van der Waals surface area contributed by atoms with Gasteiger partial charge in [0.1, 0.15) is 0 Å². The average Bonchev–Trinajstić information content (AvgIpc) is 3.19. The first-order valence-corrected chi connectivity index (χ1v) is 11.3. The molecule has 4 rings (SSSR count). The van der Waals surface area contributed by atoms with Gasteiger partial charge in [-0.1, -0.05) is 18.2 Å². The number of aromatic nitrogens is 1. The molecular formula is C24H22N2O4S. The topological polar surface area (TPSA) is 89.3 Å². The lowest BCUT2D eigenvalue weighted by Crippen LogP contribution is -2.22. The summed E-state index contributed by atoms with van der Waals surface area (Å²) in [6.07, 6.45) is 3.19. The summed E-state index contributed by atoms with van der Waals surface area (Å²) in [6, 6.07) is 13.6. The third-order valence-corrected chi connectivity index (χ3v) is 7.23. The number of nitrogens with zero attached hydrogens (tertiary/aromatic N) is 1. The van der Waals surface area contributed by atoms with E-state index >= 15 is 0 Å². The lowest BCUT2D eigenvalue weighted by atomic mass is 10.1. The zero-order valence-corrected chi connectivity index (χ0v) is 18.3. The van der Waals surface area contributed by atoms with Gasteiger partial charge in [-0.05, 0) is 73.4 Å². The molecule has 0 radical (unpaired) electrons. The Morgan fingerprint density at radius 3 is 2.39 bits per heavy atom. The van der Waals surface area contributed by atoms with Crippen LogP contribution in [0.5, 0.6) is 0 Å². The van der Waals surface area contributed by atoms with Crippen molar-refractivity contribution in [2.75, 3.05) is 0 Å². The standard InChI is InChI=1S/C24H22N2O4S/c1-15-10-17(3)23(11-16(15)2)31(28,29)20-6-4-18(5-7-20)13-26-24(27)21-12-19-8-9-25-14-22(19)30-21/h4-12,14H,13H2,1-3H3,(H,26,27). The van der Waals surface area contributed by atoms with Crippen LogP contribution >= 0.6 is 0 Å². The van der Waals surface area contributed by atoms with Crippen molar-refractivity contribution in [3.63, 3.8) is 0 Å². The van der Waals surface area contributed by atoms with Crippen molar-refractivity contribution in [3.8, 4) is 0 Å². The summed E-state index contributed by atoms with van der Waals surface area (Å²) < 4.78 is 31.7. The zero-order chi connectivity index (χ0) is 22.2. The third kappa shape index (κ3) is 4.09. The van der Waals surface area contributed by atoms with Gasteiger partial charge in [0.05, 0.1) is 16.0 Å². The Bertz CT molecular complexity index is 1350. The number of aryl methyl sites for hydroxylation is 3. The molecule has 6 nitrogen and oxygen atoms in total. The van der Waals surface area contributed by atoms with Crippen molar-refractivity contribution in [3.05, 3.63) is 88.9 Å². The highest BCUT2D eigenvalue weighted by Crippen LogP contribution is 2.26. The van der Waals surface area contributed by atoms with Crippen LogP contribution in [0.1, 0.15) is 32.8 Å². The summed E-state index contributed by atoms with van der Waals surface area (Å²) in [5.41, 5.74) is 4.04. The summed E-state index contributed by atoms with van der Waals surface area (Å²) in [6.45, 7) is 5.91. The van der Waals surface area contributed by atoms with Gasteiger partial charge < -0.3 is 9.73 Å². The molecule has 0 saturated heterocycles. The number of benzene rings is 2. The molecule has 0 saturated carbocycles. The van der Waals surface area contributed by atoms with Crippen molar-refractivity contribution < 1.29 is 17.6 Å². The molecule has 0 aliphatic carbocycles. The molecule has 0 aliphatic rings. The second-order valence-corrected chi connectivity index (χ2v) is 9.47. The fourth-order valence-corrected chi connectivity index (χ4v) is 4.97. The molecule has 2 heterocycles. The summed E-state index contributed by atoms with van der Waals surface area (Å²) >= 11 is 0. The Balaban J connectivity index is 1.49. The maximum absolute atomic E-state index is 13.1. The highest BCUT2D eigenvalue weighted by molar-refractivity contribution is 7.91. The molecule has 158 valence electrons. The van der Waals surface area contributed by atoms with Gasteiger partial charge in [-0.15, -0.1) is 0 Å². The molecule has 1 amide bonds. The molecule has 0 atom stereocenters. The van der Waals surface area contributed by atoms with Crippen LogP contribution in [0.15, 0.2) is 75.1 Å². The molecule has 4 aromatic rings. The van der Waals surface area contributed by atoms with Crippen LogP contribution in [0, 0.1) is 20.8 Å². The largest absolute Gasteiger partial charge is 0.449 e. The quantitative estimate of drug-likeness (QED) is 0.499. The first kappa shape index (κ1) is 20.8. The molecule has 31 heavy (non-hydrogen) atoms. The fourth-order valence-electron chi connectivity index (χ4n) is 3.40. The first-order valence-electron chi connectivity index (χ1n) is 9.79. The Morgan fingerprint density at radius 1 is 0.968 bits per heavy atom. The second kappa shape index (κ2) is 8.00. The van der Waals surface area contributed by atoms with Gasteiger partial charge in [-0.3, -0.25) is 9.78 Å². The van der Waals surface area contributed by atoms with Gasteiger partial charge in [0.2, 0.25) is 9.84 Å². The number of nitrogens with one attached hydrogen (secondary N) is 1. The smallest absolute Gasteiger partial charge is 0.287 e. The van der Waals surface area contributed by atoms with Crippen LogP contribution in [-0.2, 0) is 16.4 Å². The van der Waals surface area contributed by atoms with E-state index in [1.807, 2.05) is 19.9 Å². The van der Waals surface area contributed by atoms with Crippen molar-refractivity contribution in [2.45, 2.75) is 37.1 Å². The second-order valence-electron chi connectivity index (χ2n) is 7.56. The maximum Gasteiger partial charge on any atom is 0.287 e. The van der Waals surface area contributed by atoms with Gasteiger partial charge in [0.15, 0.2) is 11.3 Å². The molecule has 1 N–H and O–H groups in total. The van der Waals surface area contributed by atoms with Crippen molar-refractivity contribution in [1.82, 2.24) is 10.3 Å². The van der Waals surface area contributed by atoms with E-state index in [9.17, 15) is 13.2 Å². The number of sulfone groups is 1. The predicted molar refractivity (Wildman–Crippen MR) is 118 cm³/mol. The summed E-state index contributed by atoms with van der Waals surface area (Å²) in [5, 5.41) is 3.59. The molecule has 7 heteroatoms. The Kier molecular flexibility index (Phi) is 5.37. The molecule has 0 aliphatic heterocycles. The molecule has 0 spiro atoms. The van der Waals surface area contributed by atoms with Crippen molar-refractivity contribution in [2.24, 2.45) is 0 Å². The highest BCUT2D eigenvalue weighted by atomic mass is 32.2. The normalized spacial score (nSPS) is 11.6. The van der Waals surface area contributed by atoms with Crippen LogP contribution in [0.3, 0.4) is 0 Å². The predicted octanol–water partition coefficient (Wildman–Crippen LogP) is 4.52. The van der Waals surface area contributed by atoms with Crippen LogP contribution in [0.2, 0.25) is 0 Å². The lowest BCUT2D eigenvalue weighted by Gasteiger charge is -2.11. The third-order valence-electron chi connectivity index (χ3n) is 5.31. The zero-order valence-electron chi connectivity index (χ0n) is 17.5. The molecule has 2 aromatic carbocycles. The Hall–Kier alpha value is -3.45. The van der Waals surface area contributed by atoms with E-state index < -0.39 is 9.84 Å². The van der Waals surface area contributed by atoms with Gasteiger partial charge in [0, 0.05) is 18.1 Å². The minimum absolute atomic E-state index is 0.201. The average molecular weight is 435 g/mol. The molecule has 0 bridgehead atoms. The van der Waals surface area contributed by atoms with E-state index in [1.54, 1.807) is 61.8 Å². The molecule has 2 aromatic heterocycles. The number of amides is 1. The number of carbonyl (C=O) groups is 1. The van der Waals surface area contributed by atoms with Gasteiger partial charge in [-0.25, -0.2) is 8.42 Å². The number of furan rings is 1. The van der Waals surface area contributed by atoms with Crippen LogP contribution in [0.4, 0.5) is 0 Å². The molecule has 0 fully saturated rings. The Labute approximate surface area is 180 Å². The summed E-state index contributed by atoms with van der Waals surface area (Å²) in [7, 11) is -3.62. The van der Waals surface area contributed by atoms with Crippen LogP contribution < -0.4 is 5.32 Å². The number of fused-ring (bicyclic) bond motifs is 1. The van der Waals surface area contributed by atoms with E-state index in [0.29, 0.717) is 10.5 Å². The number of hydrogen-bond acceptors (Lipinski definition) is 5. The van der Waals surface area contributed by atoms with Crippen molar-refractivity contribution >= 4 is 26.7 Å². The van der Waals surface area contributed by atoms with E-state index in [2.05, 4.69) is 10.3 Å². The molecular weight excluding hydrogens is 412 g/mol. The van der Waals surface area contributed by atoms with Crippen molar-refractivity contribution in [1.29, 1.82) is 0 Å². The highest BCUT2D eigenvalue weighted by Gasteiger charge is 2.21. The Morgan fingerprint density at radius 2 is 1.68 bits per heavy atom. The summed E-state index contributed by atoms with van der Waals surface area (Å²) in [4.78, 5) is 16.9. The van der Waals surface area contributed by atoms with E-state index in [0.717, 1.165) is 27.6 Å². The molecule has 0 unspecified atom stereocenters. The minimum Gasteiger partial charge on any atom is -0.449 e. The fraction of sp³-hybridized carbons (Fsp3) is 0.167. The summed E-state index contributed by atoms with van der Waals surface area (Å²) in [5.74, 6) is -0.147. The van der Waals surface area contributed by atoms with Gasteiger partial charge >= 0.3 is 0 Å². The van der Waals surface area contributed by atoms with E-state index in [4.69, 9.17) is 4.42 Å².